The molecule has 16 heavy (non-hydrogen) atoms. The van der Waals surface area contributed by atoms with E-state index in [2.05, 4.69) is 4.90 Å². The Bertz CT molecular complexity index is 147. The molecule has 5 heteroatoms. The van der Waals surface area contributed by atoms with Crippen molar-refractivity contribution in [3.05, 3.63) is 0 Å². The van der Waals surface area contributed by atoms with Crippen molar-refractivity contribution in [3.63, 3.8) is 0 Å². The van der Waals surface area contributed by atoms with Crippen molar-refractivity contribution in [3.8, 4) is 0 Å². The molecule has 0 saturated heterocycles. The van der Waals surface area contributed by atoms with Gasteiger partial charge in [0.1, 0.15) is 0 Å². The fourth-order valence-corrected chi connectivity index (χ4v) is 1.39. The van der Waals surface area contributed by atoms with Crippen LogP contribution in [0.1, 0.15) is 6.42 Å². The van der Waals surface area contributed by atoms with Gasteiger partial charge in [-0.2, -0.15) is 0 Å². The molecular formula is C11H26N2O3. The predicted molar refractivity (Wildman–Crippen MR) is 64.7 cm³/mol. The van der Waals surface area contributed by atoms with Crippen LogP contribution in [-0.2, 0) is 14.2 Å². The van der Waals surface area contributed by atoms with Gasteiger partial charge in [0.15, 0.2) is 0 Å². The SMILES string of the molecule is COCCCOCCN(C)CC(N)COC. The zero-order chi connectivity index (χ0) is 12.2. The summed E-state index contributed by atoms with van der Waals surface area (Å²) in [5.74, 6) is 0. The van der Waals surface area contributed by atoms with Crippen molar-refractivity contribution < 1.29 is 14.2 Å². The Morgan fingerprint density at radius 3 is 2.50 bits per heavy atom. The highest BCUT2D eigenvalue weighted by molar-refractivity contribution is 4.64. The molecule has 0 fully saturated rings. The first-order chi connectivity index (χ1) is 7.70. The van der Waals surface area contributed by atoms with Gasteiger partial charge in [0.25, 0.3) is 0 Å². The number of hydrogen-bond acceptors (Lipinski definition) is 5. The monoisotopic (exact) mass is 234 g/mol. The van der Waals surface area contributed by atoms with Crippen LogP contribution in [0, 0.1) is 0 Å². The number of rotatable bonds is 11. The standard InChI is InChI=1S/C11H26N2O3/c1-13(9-11(12)10-15-3)5-8-16-7-4-6-14-2/h11H,4-10,12H2,1-3H3. The molecule has 2 N–H and O–H groups in total. The van der Waals surface area contributed by atoms with E-state index in [0.29, 0.717) is 6.61 Å². The lowest BCUT2D eigenvalue weighted by molar-refractivity contribution is 0.0845. The van der Waals surface area contributed by atoms with E-state index in [1.54, 1.807) is 14.2 Å². The van der Waals surface area contributed by atoms with Crippen molar-refractivity contribution in [2.45, 2.75) is 12.5 Å². The van der Waals surface area contributed by atoms with E-state index in [-0.39, 0.29) is 6.04 Å². The van der Waals surface area contributed by atoms with Gasteiger partial charge >= 0.3 is 0 Å². The molecule has 1 unspecified atom stereocenters. The lowest BCUT2D eigenvalue weighted by Crippen LogP contribution is -2.39. The quantitative estimate of drug-likeness (QED) is 0.508. The second-order valence-electron chi connectivity index (χ2n) is 3.94. The average molecular weight is 234 g/mol. The van der Waals surface area contributed by atoms with Crippen LogP contribution in [-0.4, -0.2) is 71.7 Å². The summed E-state index contributed by atoms with van der Waals surface area (Å²) >= 11 is 0. The van der Waals surface area contributed by atoms with E-state index in [0.717, 1.165) is 39.3 Å². The van der Waals surface area contributed by atoms with E-state index in [1.165, 1.54) is 0 Å². The molecule has 0 radical (unpaired) electrons. The normalized spacial score (nSPS) is 13.3. The highest BCUT2D eigenvalue weighted by Crippen LogP contribution is 1.89. The Morgan fingerprint density at radius 1 is 1.12 bits per heavy atom. The zero-order valence-corrected chi connectivity index (χ0v) is 10.8. The van der Waals surface area contributed by atoms with Crippen LogP contribution in [0.25, 0.3) is 0 Å². The van der Waals surface area contributed by atoms with Gasteiger partial charge in [-0.1, -0.05) is 0 Å². The molecule has 0 heterocycles. The van der Waals surface area contributed by atoms with Gasteiger partial charge in [0.05, 0.1) is 13.2 Å². The van der Waals surface area contributed by atoms with Gasteiger partial charge in [-0.05, 0) is 13.5 Å². The topological polar surface area (TPSA) is 57.0 Å². The third-order valence-electron chi connectivity index (χ3n) is 2.18. The predicted octanol–water partition coefficient (Wildman–Crippen LogP) is -0.0550. The molecule has 0 aliphatic heterocycles. The smallest absolute Gasteiger partial charge is 0.0626 e. The molecule has 0 bridgehead atoms. The summed E-state index contributed by atoms with van der Waals surface area (Å²) in [5.41, 5.74) is 5.83. The summed E-state index contributed by atoms with van der Waals surface area (Å²) in [4.78, 5) is 2.15. The summed E-state index contributed by atoms with van der Waals surface area (Å²) < 4.78 is 15.4. The van der Waals surface area contributed by atoms with Crippen molar-refractivity contribution in [2.75, 3.05) is 60.8 Å². The molecule has 0 spiro atoms. The maximum absolute atomic E-state index is 5.83. The molecule has 5 nitrogen and oxygen atoms in total. The second-order valence-corrected chi connectivity index (χ2v) is 3.94. The van der Waals surface area contributed by atoms with E-state index >= 15 is 0 Å². The molecule has 0 aliphatic carbocycles. The number of hydrogen-bond donors (Lipinski definition) is 1. The van der Waals surface area contributed by atoms with E-state index in [1.807, 2.05) is 7.05 Å². The first-order valence-electron chi connectivity index (χ1n) is 5.70. The molecule has 0 aromatic rings. The first kappa shape index (κ1) is 15.8. The highest BCUT2D eigenvalue weighted by Gasteiger charge is 2.05. The van der Waals surface area contributed by atoms with Crippen LogP contribution in [0.5, 0.6) is 0 Å². The van der Waals surface area contributed by atoms with Gasteiger partial charge in [-0.15, -0.1) is 0 Å². The fraction of sp³-hybridized carbons (Fsp3) is 1.00. The van der Waals surface area contributed by atoms with E-state index in [4.69, 9.17) is 19.9 Å². The second kappa shape index (κ2) is 11.3. The van der Waals surface area contributed by atoms with Crippen molar-refractivity contribution in [1.29, 1.82) is 0 Å². The molecule has 98 valence electrons. The number of likely N-dealkylation sites (N-methyl/N-ethyl adjacent to an activating group) is 1. The summed E-state index contributed by atoms with van der Waals surface area (Å²) in [5, 5.41) is 0. The van der Waals surface area contributed by atoms with Crippen molar-refractivity contribution in [1.82, 2.24) is 4.90 Å². The summed E-state index contributed by atoms with van der Waals surface area (Å²) in [6.07, 6.45) is 0.948. The minimum absolute atomic E-state index is 0.0727. The fourth-order valence-electron chi connectivity index (χ4n) is 1.39. The van der Waals surface area contributed by atoms with Gasteiger partial charge < -0.3 is 24.8 Å². The third kappa shape index (κ3) is 10.3. The number of ether oxygens (including phenoxy) is 3. The van der Waals surface area contributed by atoms with Crippen LogP contribution < -0.4 is 5.73 Å². The summed E-state index contributed by atoms with van der Waals surface area (Å²) in [7, 11) is 5.40. The minimum Gasteiger partial charge on any atom is -0.385 e. The Labute approximate surface area is 98.8 Å². The van der Waals surface area contributed by atoms with Crippen molar-refractivity contribution in [2.24, 2.45) is 5.73 Å². The third-order valence-corrected chi connectivity index (χ3v) is 2.18. The van der Waals surface area contributed by atoms with Crippen LogP contribution in [0.2, 0.25) is 0 Å². The lowest BCUT2D eigenvalue weighted by Gasteiger charge is -2.20. The molecule has 0 rings (SSSR count). The molecule has 0 amide bonds. The lowest BCUT2D eigenvalue weighted by atomic mass is 10.3. The van der Waals surface area contributed by atoms with Crippen LogP contribution in [0.4, 0.5) is 0 Å². The van der Waals surface area contributed by atoms with Crippen LogP contribution in [0.3, 0.4) is 0 Å². The largest absolute Gasteiger partial charge is 0.385 e. The molecule has 0 aromatic carbocycles. The summed E-state index contributed by atoms with van der Waals surface area (Å²) in [6.45, 7) is 4.57. The maximum Gasteiger partial charge on any atom is 0.0626 e. The van der Waals surface area contributed by atoms with Gasteiger partial charge in [-0.25, -0.2) is 0 Å². The van der Waals surface area contributed by atoms with Gasteiger partial charge in [-0.3, -0.25) is 0 Å². The van der Waals surface area contributed by atoms with E-state index < -0.39 is 0 Å². The number of methoxy groups -OCH3 is 2. The Hall–Kier alpha value is -0.200. The average Bonchev–Trinajstić information content (AvgIpc) is 2.23. The highest BCUT2D eigenvalue weighted by atomic mass is 16.5. The van der Waals surface area contributed by atoms with Crippen LogP contribution in [0.15, 0.2) is 0 Å². The van der Waals surface area contributed by atoms with Crippen molar-refractivity contribution >= 4 is 0 Å². The van der Waals surface area contributed by atoms with Gasteiger partial charge in [0, 0.05) is 46.6 Å². The zero-order valence-electron chi connectivity index (χ0n) is 10.8. The number of nitrogens with zero attached hydrogens (tertiary/aromatic N) is 1. The minimum atomic E-state index is 0.0727. The van der Waals surface area contributed by atoms with Crippen LogP contribution >= 0.6 is 0 Å². The Balaban J connectivity index is 3.26. The molecule has 0 aromatic heterocycles. The van der Waals surface area contributed by atoms with Gasteiger partial charge in [0.2, 0.25) is 0 Å². The molecule has 0 saturated carbocycles. The Kier molecular flexibility index (Phi) is 11.1. The summed E-state index contributed by atoms with van der Waals surface area (Å²) in [6, 6.07) is 0.0727. The molecule has 0 aliphatic rings. The maximum atomic E-state index is 5.83. The molecular weight excluding hydrogens is 208 g/mol. The Morgan fingerprint density at radius 2 is 1.88 bits per heavy atom. The molecule has 1 atom stereocenters. The first-order valence-corrected chi connectivity index (χ1v) is 5.70. The number of nitrogens with two attached hydrogens (primary N) is 1. The van der Waals surface area contributed by atoms with E-state index in [9.17, 15) is 0 Å².